The summed E-state index contributed by atoms with van der Waals surface area (Å²) in [7, 11) is -3.92. The molecule has 4 rings (SSSR count). The summed E-state index contributed by atoms with van der Waals surface area (Å²) in [6.07, 6.45) is 0. The normalized spacial score (nSPS) is 11.7. The number of fused-ring (bicyclic) bond motifs is 1. The summed E-state index contributed by atoms with van der Waals surface area (Å²) in [6.45, 7) is 7.20. The van der Waals surface area contributed by atoms with E-state index < -0.39 is 15.8 Å². The Labute approximate surface area is 186 Å². The zero-order chi connectivity index (χ0) is 23.2. The molecule has 1 N–H and O–H groups in total. The molecule has 0 atom stereocenters. The molecule has 0 fully saturated rings. The minimum absolute atomic E-state index is 0.0430. The first-order valence-corrected chi connectivity index (χ1v) is 11.6. The number of rotatable bonds is 5. The maximum atomic E-state index is 13.2. The highest BCUT2D eigenvalue weighted by atomic mass is 32.2. The highest BCUT2D eigenvalue weighted by Gasteiger charge is 2.22. The number of sulfonamides is 1. The quantitative estimate of drug-likeness (QED) is 0.397. The number of carbonyl (C=O) groups excluding carboxylic acids is 1. The van der Waals surface area contributed by atoms with Crippen molar-refractivity contribution < 1.29 is 17.6 Å². The van der Waals surface area contributed by atoms with Gasteiger partial charge in [-0.3, -0.25) is 9.52 Å². The molecule has 0 radical (unpaired) electrons. The number of nitrogens with one attached hydrogen (secondary N) is 1. The summed E-state index contributed by atoms with van der Waals surface area (Å²) in [6, 6.07) is 16.2. The van der Waals surface area contributed by atoms with Crippen molar-refractivity contribution in [1.29, 1.82) is 0 Å². The van der Waals surface area contributed by atoms with E-state index in [-0.39, 0.29) is 10.7 Å². The lowest BCUT2D eigenvalue weighted by molar-refractivity contribution is 0.101. The van der Waals surface area contributed by atoms with Gasteiger partial charge in [-0.2, -0.15) is 0 Å². The predicted octanol–water partition coefficient (Wildman–Crippen LogP) is 5.70. The van der Waals surface area contributed by atoms with Crippen molar-refractivity contribution in [3.8, 4) is 5.69 Å². The number of benzene rings is 3. The van der Waals surface area contributed by atoms with Gasteiger partial charge in [0.05, 0.1) is 16.1 Å². The standard InChI is InChI=1S/C25H23FN2O3S/c1-15-5-9-20(10-6-15)28-17(3)25(18(4)29)22-14-23(16(2)13-24(22)28)27-32(30,31)21-11-7-19(26)8-12-21/h5-14,27H,1-4H3. The molecule has 0 unspecified atom stereocenters. The maximum Gasteiger partial charge on any atom is 0.261 e. The van der Waals surface area contributed by atoms with E-state index in [1.165, 1.54) is 19.1 Å². The van der Waals surface area contributed by atoms with E-state index in [1.807, 2.05) is 48.7 Å². The molecule has 1 aromatic heterocycles. The second-order valence-electron chi connectivity index (χ2n) is 7.93. The van der Waals surface area contributed by atoms with Gasteiger partial charge in [-0.1, -0.05) is 17.7 Å². The van der Waals surface area contributed by atoms with Crippen LogP contribution in [0, 0.1) is 26.6 Å². The lowest BCUT2D eigenvalue weighted by Crippen LogP contribution is -2.13. The second kappa shape index (κ2) is 7.91. The molecule has 164 valence electrons. The van der Waals surface area contributed by atoms with Crippen LogP contribution in [-0.2, 0) is 10.0 Å². The van der Waals surface area contributed by atoms with Crippen LogP contribution >= 0.6 is 0 Å². The fourth-order valence-corrected chi connectivity index (χ4v) is 5.09. The molecule has 0 spiro atoms. The molecule has 7 heteroatoms. The van der Waals surface area contributed by atoms with Gasteiger partial charge in [-0.05, 0) is 81.8 Å². The molecule has 1 heterocycles. The zero-order valence-corrected chi connectivity index (χ0v) is 19.0. The van der Waals surface area contributed by atoms with Crippen molar-refractivity contribution in [3.63, 3.8) is 0 Å². The van der Waals surface area contributed by atoms with Crippen molar-refractivity contribution in [2.24, 2.45) is 0 Å². The van der Waals surface area contributed by atoms with E-state index in [4.69, 9.17) is 0 Å². The highest BCUT2D eigenvalue weighted by Crippen LogP contribution is 2.34. The topological polar surface area (TPSA) is 68.2 Å². The van der Waals surface area contributed by atoms with Gasteiger partial charge < -0.3 is 4.57 Å². The number of ketones is 1. The molecule has 0 bridgehead atoms. The number of halogens is 1. The first-order chi connectivity index (χ1) is 15.1. The number of carbonyl (C=O) groups is 1. The molecule has 0 aliphatic carbocycles. The molecule has 32 heavy (non-hydrogen) atoms. The SMILES string of the molecule is CC(=O)c1c(C)n(-c2ccc(C)cc2)c2cc(C)c(NS(=O)(=O)c3ccc(F)cc3)cc12. The number of hydrogen-bond donors (Lipinski definition) is 1. The van der Waals surface area contributed by atoms with E-state index >= 15 is 0 Å². The zero-order valence-electron chi connectivity index (χ0n) is 18.2. The van der Waals surface area contributed by atoms with Crippen molar-refractivity contribution in [1.82, 2.24) is 4.57 Å². The average Bonchev–Trinajstić information content (AvgIpc) is 3.00. The maximum absolute atomic E-state index is 13.2. The molecule has 0 aliphatic heterocycles. The summed E-state index contributed by atoms with van der Waals surface area (Å²) < 4.78 is 43.5. The van der Waals surface area contributed by atoms with E-state index in [0.29, 0.717) is 22.2 Å². The van der Waals surface area contributed by atoms with Gasteiger partial charge in [0.15, 0.2) is 5.78 Å². The molecular weight excluding hydrogens is 427 g/mol. The number of nitrogens with zero attached hydrogens (tertiary/aromatic N) is 1. The van der Waals surface area contributed by atoms with Crippen molar-refractivity contribution in [2.75, 3.05) is 4.72 Å². The summed E-state index contributed by atoms with van der Waals surface area (Å²) >= 11 is 0. The van der Waals surface area contributed by atoms with Gasteiger partial charge in [0.25, 0.3) is 10.0 Å². The number of anilines is 1. The third kappa shape index (κ3) is 3.80. The highest BCUT2D eigenvalue weighted by molar-refractivity contribution is 7.92. The van der Waals surface area contributed by atoms with Crippen LogP contribution in [0.4, 0.5) is 10.1 Å². The third-order valence-electron chi connectivity index (χ3n) is 5.56. The fourth-order valence-electron chi connectivity index (χ4n) is 3.96. The smallest absolute Gasteiger partial charge is 0.261 e. The average molecular weight is 451 g/mol. The van der Waals surface area contributed by atoms with Crippen molar-refractivity contribution in [3.05, 3.63) is 88.9 Å². The monoisotopic (exact) mass is 450 g/mol. The van der Waals surface area contributed by atoms with Crippen LogP contribution in [-0.4, -0.2) is 18.8 Å². The van der Waals surface area contributed by atoms with Crippen LogP contribution in [0.15, 0.2) is 65.6 Å². The Morgan fingerprint density at radius 1 is 0.938 bits per heavy atom. The Hall–Kier alpha value is -3.45. The van der Waals surface area contributed by atoms with Gasteiger partial charge in [0.1, 0.15) is 5.82 Å². The van der Waals surface area contributed by atoms with Crippen LogP contribution in [0.5, 0.6) is 0 Å². The summed E-state index contributed by atoms with van der Waals surface area (Å²) in [5.74, 6) is -0.616. The molecule has 0 amide bonds. The van der Waals surface area contributed by atoms with Crippen LogP contribution in [0.3, 0.4) is 0 Å². The van der Waals surface area contributed by atoms with Gasteiger partial charge in [-0.25, -0.2) is 12.8 Å². The van der Waals surface area contributed by atoms with E-state index in [0.717, 1.165) is 34.6 Å². The number of aryl methyl sites for hydroxylation is 2. The molecule has 4 aromatic rings. The summed E-state index contributed by atoms with van der Waals surface area (Å²) in [5, 5.41) is 0.665. The Morgan fingerprint density at radius 2 is 1.56 bits per heavy atom. The van der Waals surface area contributed by atoms with E-state index in [2.05, 4.69) is 4.72 Å². The number of aromatic nitrogens is 1. The minimum Gasteiger partial charge on any atom is -0.313 e. The molecule has 3 aromatic carbocycles. The Balaban J connectivity index is 1.89. The van der Waals surface area contributed by atoms with Crippen LogP contribution < -0.4 is 4.72 Å². The molecule has 0 saturated carbocycles. The van der Waals surface area contributed by atoms with E-state index in [9.17, 15) is 17.6 Å². The van der Waals surface area contributed by atoms with Crippen molar-refractivity contribution >= 4 is 32.4 Å². The Kier molecular flexibility index (Phi) is 5.38. The van der Waals surface area contributed by atoms with Gasteiger partial charge in [0, 0.05) is 22.3 Å². The summed E-state index contributed by atoms with van der Waals surface area (Å²) in [4.78, 5) is 12.5. The molecule has 0 saturated heterocycles. The number of hydrogen-bond acceptors (Lipinski definition) is 3. The van der Waals surface area contributed by atoms with Crippen LogP contribution in [0.2, 0.25) is 0 Å². The number of Topliss-reactive ketones (excluding diaryl/α,β-unsaturated/α-hetero) is 1. The van der Waals surface area contributed by atoms with Crippen molar-refractivity contribution in [2.45, 2.75) is 32.6 Å². The summed E-state index contributed by atoms with van der Waals surface area (Å²) in [5.41, 5.74) is 5.26. The lowest BCUT2D eigenvalue weighted by Gasteiger charge is -2.13. The van der Waals surface area contributed by atoms with Gasteiger partial charge >= 0.3 is 0 Å². The minimum atomic E-state index is -3.92. The van der Waals surface area contributed by atoms with Crippen LogP contribution in [0.25, 0.3) is 16.6 Å². The second-order valence-corrected chi connectivity index (χ2v) is 9.61. The molecule has 0 aliphatic rings. The predicted molar refractivity (Wildman–Crippen MR) is 125 cm³/mol. The molecule has 5 nitrogen and oxygen atoms in total. The van der Waals surface area contributed by atoms with Gasteiger partial charge in [0.2, 0.25) is 0 Å². The largest absolute Gasteiger partial charge is 0.313 e. The lowest BCUT2D eigenvalue weighted by atomic mass is 10.1. The Bertz CT molecular complexity index is 1450. The van der Waals surface area contributed by atoms with Gasteiger partial charge in [-0.15, -0.1) is 0 Å². The van der Waals surface area contributed by atoms with E-state index in [1.54, 1.807) is 13.0 Å². The Morgan fingerprint density at radius 3 is 2.16 bits per heavy atom. The fraction of sp³-hybridized carbons (Fsp3) is 0.160. The first-order valence-electron chi connectivity index (χ1n) is 10.1. The molecular formula is C25H23FN2O3S. The third-order valence-corrected chi connectivity index (χ3v) is 6.94. The first kappa shape index (κ1) is 21.8. The van der Waals surface area contributed by atoms with Crippen LogP contribution in [0.1, 0.15) is 34.1 Å².